The van der Waals surface area contributed by atoms with E-state index in [1.54, 1.807) is 0 Å². The summed E-state index contributed by atoms with van der Waals surface area (Å²) >= 11 is 2.31. The summed E-state index contributed by atoms with van der Waals surface area (Å²) in [6.45, 7) is 5.96. The quantitative estimate of drug-likeness (QED) is 0.349. The third-order valence-electron chi connectivity index (χ3n) is 6.50. The van der Waals surface area contributed by atoms with E-state index < -0.39 is 11.9 Å². The zero-order valence-corrected chi connectivity index (χ0v) is 21.0. The summed E-state index contributed by atoms with van der Waals surface area (Å²) in [6.07, 6.45) is 0. The van der Waals surface area contributed by atoms with Crippen molar-refractivity contribution in [1.82, 2.24) is 9.88 Å². The van der Waals surface area contributed by atoms with Crippen molar-refractivity contribution in [3.63, 3.8) is 0 Å². The zero-order valence-electron chi connectivity index (χ0n) is 18.8. The Morgan fingerprint density at radius 2 is 1.76 bits per heavy atom. The van der Waals surface area contributed by atoms with Crippen molar-refractivity contribution in [1.29, 1.82) is 0 Å². The lowest BCUT2D eigenvalue weighted by Gasteiger charge is -2.29. The number of dihydropyridines is 1. The Balaban J connectivity index is 1.76. The van der Waals surface area contributed by atoms with Crippen LogP contribution in [0.3, 0.4) is 0 Å². The number of allylic oxidation sites excluding steroid dienone is 2. The van der Waals surface area contributed by atoms with Crippen molar-refractivity contribution in [2.75, 3.05) is 7.11 Å². The largest absolute Gasteiger partial charge is 0.466 e. The monoisotopic (exact) mass is 550 g/mol. The van der Waals surface area contributed by atoms with Crippen LogP contribution >= 0.6 is 22.6 Å². The number of aromatic nitrogens is 1. The summed E-state index contributed by atoms with van der Waals surface area (Å²) in [5.41, 5.74) is 8.10. The van der Waals surface area contributed by atoms with Crippen molar-refractivity contribution >= 4 is 40.0 Å². The second-order valence-corrected chi connectivity index (χ2v) is 9.64. The molecule has 2 aliphatic rings. The van der Waals surface area contributed by atoms with Gasteiger partial charge in [-0.1, -0.05) is 30.3 Å². The van der Waals surface area contributed by atoms with Gasteiger partial charge in [-0.05, 0) is 73.2 Å². The molecule has 1 aliphatic carbocycles. The van der Waals surface area contributed by atoms with Gasteiger partial charge in [0.15, 0.2) is 5.78 Å². The highest BCUT2D eigenvalue weighted by molar-refractivity contribution is 14.1. The molecule has 1 N–H and O–H groups in total. The predicted octanol–water partition coefficient (Wildman–Crippen LogP) is 5.44. The van der Waals surface area contributed by atoms with Crippen LogP contribution in [-0.4, -0.2) is 23.4 Å². The van der Waals surface area contributed by atoms with Gasteiger partial charge >= 0.3 is 5.97 Å². The highest BCUT2D eigenvalue weighted by atomic mass is 127. The molecule has 0 radical (unpaired) electrons. The molecule has 1 aromatic heterocycles. The number of Topliss-reactive ketones (excluding diaryl/α,β-unsaturated/α-hetero) is 1. The van der Waals surface area contributed by atoms with Gasteiger partial charge in [0.05, 0.1) is 24.3 Å². The summed E-state index contributed by atoms with van der Waals surface area (Å²) < 4.78 is 8.49. The number of hydrogen-bond donors (Lipinski definition) is 1. The Labute approximate surface area is 206 Å². The van der Waals surface area contributed by atoms with Crippen LogP contribution in [0.4, 0.5) is 0 Å². The number of carbonyl (C=O) groups excluding carboxylic acids is 2. The zero-order chi connectivity index (χ0) is 23.4. The summed E-state index contributed by atoms with van der Waals surface area (Å²) in [5, 5.41) is 3.34. The van der Waals surface area contributed by atoms with Crippen molar-refractivity contribution in [3.8, 4) is 5.69 Å². The molecule has 0 amide bonds. The average molecular weight is 550 g/mol. The van der Waals surface area contributed by atoms with Crippen molar-refractivity contribution in [3.05, 3.63) is 103 Å². The molecule has 1 aliphatic heterocycles. The lowest BCUT2D eigenvalue weighted by atomic mass is 9.79. The van der Waals surface area contributed by atoms with Gasteiger partial charge in [0.1, 0.15) is 0 Å². The Bertz CT molecular complexity index is 1410. The second kappa shape index (κ2) is 8.02. The topological polar surface area (TPSA) is 60.3 Å². The summed E-state index contributed by atoms with van der Waals surface area (Å²) in [6, 6.07) is 17.9. The molecule has 33 heavy (non-hydrogen) atoms. The number of hydrogen-bond acceptors (Lipinski definition) is 4. The number of benzene rings is 2. The molecule has 5 nitrogen and oxygen atoms in total. The van der Waals surface area contributed by atoms with Crippen LogP contribution in [0.1, 0.15) is 45.7 Å². The second-order valence-electron chi connectivity index (χ2n) is 8.39. The SMILES string of the molecule is COC(=O)C1=C(C)NC2=C(C(=O)c3ccccc32)[C@H]1c1cc(C)n(-c2cccc(I)c2)c1C. The van der Waals surface area contributed by atoms with E-state index in [9.17, 15) is 9.59 Å². The van der Waals surface area contributed by atoms with E-state index in [1.165, 1.54) is 7.11 Å². The van der Waals surface area contributed by atoms with Gasteiger partial charge in [0.25, 0.3) is 0 Å². The third kappa shape index (κ3) is 3.27. The van der Waals surface area contributed by atoms with Gasteiger partial charge in [-0.3, -0.25) is 4.79 Å². The number of ketones is 1. The number of aryl methyl sites for hydroxylation is 1. The minimum absolute atomic E-state index is 0.0499. The number of esters is 1. The maximum absolute atomic E-state index is 13.6. The predicted molar refractivity (Wildman–Crippen MR) is 136 cm³/mol. The van der Waals surface area contributed by atoms with Crippen LogP contribution in [0.5, 0.6) is 0 Å². The first-order valence-electron chi connectivity index (χ1n) is 10.7. The Morgan fingerprint density at radius 3 is 2.45 bits per heavy atom. The Morgan fingerprint density at radius 1 is 1.03 bits per heavy atom. The lowest BCUT2D eigenvalue weighted by Crippen LogP contribution is -2.29. The number of carbonyl (C=O) groups is 2. The molecule has 0 unspecified atom stereocenters. The molecule has 6 heteroatoms. The molecule has 1 atom stereocenters. The first-order chi connectivity index (χ1) is 15.8. The van der Waals surface area contributed by atoms with Crippen LogP contribution in [0.15, 0.2) is 71.4 Å². The number of nitrogens with one attached hydrogen (secondary N) is 1. The van der Waals surface area contributed by atoms with Crippen LogP contribution in [-0.2, 0) is 9.53 Å². The Hall–Kier alpha value is -3.13. The summed E-state index contributed by atoms with van der Waals surface area (Å²) in [5.74, 6) is -0.998. The standard InChI is InChI=1S/C27H23IN2O3/c1-14-12-21(16(3)30(14)18-9-7-8-17(28)13-18)23-22(27(32)33-4)15(2)29-25-19-10-5-6-11-20(19)26(31)24(23)25/h5-13,23,29H,1-4H3/t23-/m0/s1. The molecular weight excluding hydrogens is 527 g/mol. The van der Waals surface area contributed by atoms with E-state index in [2.05, 4.69) is 56.7 Å². The fourth-order valence-corrected chi connectivity index (χ4v) is 5.64. The van der Waals surface area contributed by atoms with E-state index in [-0.39, 0.29) is 5.78 Å². The van der Waals surface area contributed by atoms with Crippen LogP contribution in [0.25, 0.3) is 11.4 Å². The maximum atomic E-state index is 13.6. The number of fused-ring (bicyclic) bond motifs is 2. The molecule has 5 rings (SSSR count). The van der Waals surface area contributed by atoms with E-state index in [1.807, 2.05) is 51.1 Å². The van der Waals surface area contributed by atoms with Gasteiger partial charge < -0.3 is 14.6 Å². The number of nitrogens with zero attached hydrogens (tertiary/aromatic N) is 1. The van der Waals surface area contributed by atoms with Gasteiger partial charge in [0, 0.05) is 43.0 Å². The number of rotatable bonds is 3. The number of ether oxygens (including phenoxy) is 1. The van der Waals surface area contributed by atoms with E-state index >= 15 is 0 Å². The molecule has 0 fully saturated rings. The summed E-state index contributed by atoms with van der Waals surface area (Å²) in [7, 11) is 1.38. The lowest BCUT2D eigenvalue weighted by molar-refractivity contribution is -0.136. The molecule has 0 spiro atoms. The van der Waals surface area contributed by atoms with Gasteiger partial charge in [-0.2, -0.15) is 0 Å². The third-order valence-corrected chi connectivity index (χ3v) is 7.17. The normalized spacial score (nSPS) is 17.1. The van der Waals surface area contributed by atoms with Crippen LogP contribution < -0.4 is 5.32 Å². The van der Waals surface area contributed by atoms with E-state index in [0.717, 1.165) is 37.5 Å². The van der Waals surface area contributed by atoms with E-state index in [0.29, 0.717) is 22.4 Å². The molecule has 0 saturated heterocycles. The van der Waals surface area contributed by atoms with Crippen LogP contribution in [0, 0.1) is 17.4 Å². The highest BCUT2D eigenvalue weighted by Gasteiger charge is 2.43. The smallest absolute Gasteiger partial charge is 0.336 e. The minimum atomic E-state index is -0.517. The average Bonchev–Trinajstić information content (AvgIpc) is 3.25. The van der Waals surface area contributed by atoms with E-state index in [4.69, 9.17) is 4.74 Å². The molecule has 2 aromatic carbocycles. The maximum Gasteiger partial charge on any atom is 0.336 e. The highest BCUT2D eigenvalue weighted by Crippen LogP contribution is 2.48. The molecule has 166 valence electrons. The molecule has 2 heterocycles. The van der Waals surface area contributed by atoms with Crippen molar-refractivity contribution in [2.45, 2.75) is 26.7 Å². The fraction of sp³-hybridized carbons (Fsp3) is 0.185. The van der Waals surface area contributed by atoms with Crippen LogP contribution in [0.2, 0.25) is 0 Å². The van der Waals surface area contributed by atoms with Gasteiger partial charge in [-0.25, -0.2) is 4.79 Å². The van der Waals surface area contributed by atoms with Crippen molar-refractivity contribution in [2.24, 2.45) is 0 Å². The summed E-state index contributed by atoms with van der Waals surface area (Å²) in [4.78, 5) is 26.6. The number of methoxy groups -OCH3 is 1. The fourth-order valence-electron chi connectivity index (χ4n) is 5.11. The molecule has 0 bridgehead atoms. The number of halogens is 1. The molecular formula is C27H23IN2O3. The first-order valence-corrected chi connectivity index (χ1v) is 11.8. The minimum Gasteiger partial charge on any atom is -0.466 e. The molecule has 3 aromatic rings. The first kappa shape index (κ1) is 21.7. The Kier molecular flexibility index (Phi) is 5.28. The van der Waals surface area contributed by atoms with Gasteiger partial charge in [-0.15, -0.1) is 0 Å². The van der Waals surface area contributed by atoms with Crippen molar-refractivity contribution < 1.29 is 14.3 Å². The molecule has 0 saturated carbocycles. The van der Waals surface area contributed by atoms with Gasteiger partial charge in [0.2, 0.25) is 0 Å².